The van der Waals surface area contributed by atoms with Crippen LogP contribution >= 0.6 is 0 Å². The Hall–Kier alpha value is -1.83. The minimum Gasteiger partial charge on any atom is -0.465 e. The summed E-state index contributed by atoms with van der Waals surface area (Å²) in [6, 6.07) is 0. The quantitative estimate of drug-likeness (QED) is 0.0910. The molecule has 0 rings (SSSR count). The average Bonchev–Trinajstić information content (AvgIpc) is 2.79. The molecule has 12 heteroatoms. The van der Waals surface area contributed by atoms with Crippen LogP contribution in [0.3, 0.4) is 0 Å². The van der Waals surface area contributed by atoms with Crippen molar-refractivity contribution in [3.05, 3.63) is 0 Å². The fourth-order valence-electron chi connectivity index (χ4n) is 2.81. The topological polar surface area (TPSA) is 169 Å². The van der Waals surface area contributed by atoms with E-state index in [0.717, 1.165) is 0 Å². The van der Waals surface area contributed by atoms with Gasteiger partial charge in [-0.05, 0) is 27.7 Å². The van der Waals surface area contributed by atoms with Crippen molar-refractivity contribution < 1.29 is 58.2 Å². The number of rotatable bonds is 17. The van der Waals surface area contributed by atoms with E-state index in [4.69, 9.17) is 34.3 Å². The number of quaternary nitrogens is 1. The van der Waals surface area contributed by atoms with Gasteiger partial charge in [0.2, 0.25) is 0 Å². The van der Waals surface area contributed by atoms with Crippen LogP contribution < -0.4 is 0 Å². The van der Waals surface area contributed by atoms with Gasteiger partial charge < -0.3 is 39.4 Å². The molecular formula is C22H42NO11+. The van der Waals surface area contributed by atoms with Gasteiger partial charge in [-0.15, -0.1) is 0 Å². The lowest BCUT2D eigenvalue weighted by Gasteiger charge is -2.35. The first kappa shape index (κ1) is 32.2. The van der Waals surface area contributed by atoms with Crippen molar-refractivity contribution in [1.29, 1.82) is 0 Å². The van der Waals surface area contributed by atoms with Gasteiger partial charge >= 0.3 is 18.0 Å². The van der Waals surface area contributed by atoms with Crippen molar-refractivity contribution >= 4 is 18.0 Å². The largest absolute Gasteiger partial charge is 0.516 e. The summed E-state index contributed by atoms with van der Waals surface area (Å²) in [5.74, 6) is -2.29. The third-order valence-electron chi connectivity index (χ3n) is 5.05. The van der Waals surface area contributed by atoms with Gasteiger partial charge in [0.05, 0.1) is 72.1 Å². The van der Waals surface area contributed by atoms with Gasteiger partial charge in [0.1, 0.15) is 12.4 Å². The number of hydrogen-bond acceptors (Lipinski definition) is 11. The summed E-state index contributed by atoms with van der Waals surface area (Å²) >= 11 is 0. The zero-order valence-corrected chi connectivity index (χ0v) is 20.7. The fraction of sp³-hybridized carbons (Fsp3) is 0.864. The summed E-state index contributed by atoms with van der Waals surface area (Å²) in [6.45, 7) is 5.44. The Labute approximate surface area is 200 Å². The van der Waals surface area contributed by atoms with Crippen molar-refractivity contribution in [1.82, 2.24) is 0 Å². The molecule has 2 unspecified atom stereocenters. The Bertz CT molecular complexity index is 604. The SMILES string of the molecule is CC[N+](CCC(=O)OCC(CO)CO)(CCC(=O)OCC(CO)COCO)C(=O)OC(C)(C)C. The molecule has 200 valence electrons. The lowest BCUT2D eigenvalue weighted by Crippen LogP contribution is -2.56. The van der Waals surface area contributed by atoms with E-state index in [1.54, 1.807) is 27.7 Å². The minimum absolute atomic E-state index is 0.0165. The van der Waals surface area contributed by atoms with E-state index in [1.165, 1.54) is 0 Å². The molecule has 0 spiro atoms. The molecule has 1 amide bonds. The van der Waals surface area contributed by atoms with Crippen LogP contribution in [-0.2, 0) is 28.5 Å². The Morgan fingerprint density at radius 1 is 0.794 bits per heavy atom. The second-order valence-corrected chi connectivity index (χ2v) is 9.03. The summed E-state index contributed by atoms with van der Waals surface area (Å²) in [5, 5.41) is 36.1. The second kappa shape index (κ2) is 16.7. The number of nitrogens with zero attached hydrogens (tertiary/aromatic N) is 1. The second-order valence-electron chi connectivity index (χ2n) is 9.03. The number of esters is 2. The molecule has 0 bridgehead atoms. The zero-order valence-electron chi connectivity index (χ0n) is 20.7. The summed E-state index contributed by atoms with van der Waals surface area (Å²) in [5.41, 5.74) is -0.784. The highest BCUT2D eigenvalue weighted by Crippen LogP contribution is 2.19. The number of amides is 1. The van der Waals surface area contributed by atoms with Gasteiger partial charge in [-0.2, -0.15) is 4.79 Å². The van der Waals surface area contributed by atoms with Gasteiger partial charge in [0, 0.05) is 11.8 Å². The van der Waals surface area contributed by atoms with Crippen molar-refractivity contribution in [3.8, 4) is 0 Å². The van der Waals surface area contributed by atoms with Crippen LogP contribution in [0.15, 0.2) is 0 Å². The molecule has 0 saturated carbocycles. The number of hydrogen-bond donors (Lipinski definition) is 4. The smallest absolute Gasteiger partial charge is 0.465 e. The van der Waals surface area contributed by atoms with E-state index < -0.39 is 42.3 Å². The Morgan fingerprint density at radius 2 is 1.26 bits per heavy atom. The Kier molecular flexibility index (Phi) is 15.8. The lowest BCUT2D eigenvalue weighted by molar-refractivity contribution is -0.855. The molecule has 12 nitrogen and oxygen atoms in total. The van der Waals surface area contributed by atoms with Crippen molar-refractivity contribution in [2.24, 2.45) is 11.8 Å². The molecule has 0 aliphatic heterocycles. The standard InChI is InChI=1S/C22H42NO11/c1-5-23(21(30)34-22(2,3)4,8-6-19(28)32-14-17(10-24)11-25)9-7-20(29)33-15-18(12-26)13-31-16-27/h17-18,24-27H,5-16H2,1-4H3/q+1. The Morgan fingerprint density at radius 3 is 1.65 bits per heavy atom. The molecule has 0 aliphatic rings. The van der Waals surface area contributed by atoms with Crippen LogP contribution in [0.4, 0.5) is 4.79 Å². The molecular weight excluding hydrogens is 454 g/mol. The van der Waals surface area contributed by atoms with Crippen LogP contribution in [0, 0.1) is 11.8 Å². The molecule has 2 atom stereocenters. The van der Waals surface area contributed by atoms with Gasteiger partial charge in [0.25, 0.3) is 0 Å². The van der Waals surface area contributed by atoms with Crippen LogP contribution in [-0.4, -0.2) is 115 Å². The van der Waals surface area contributed by atoms with Gasteiger partial charge in [-0.25, -0.2) is 4.48 Å². The first-order valence-corrected chi connectivity index (χ1v) is 11.4. The monoisotopic (exact) mass is 496 g/mol. The number of aliphatic hydroxyl groups excluding tert-OH is 4. The third kappa shape index (κ3) is 13.2. The molecule has 34 heavy (non-hydrogen) atoms. The average molecular weight is 497 g/mol. The van der Waals surface area contributed by atoms with Crippen LogP contribution in [0.25, 0.3) is 0 Å². The van der Waals surface area contributed by atoms with Crippen LogP contribution in [0.1, 0.15) is 40.5 Å². The lowest BCUT2D eigenvalue weighted by atomic mass is 10.2. The van der Waals surface area contributed by atoms with E-state index in [9.17, 15) is 19.5 Å². The number of aliphatic hydroxyl groups is 4. The summed E-state index contributed by atoms with van der Waals surface area (Å²) in [6.07, 6.45) is -0.876. The molecule has 4 N–H and O–H groups in total. The van der Waals surface area contributed by atoms with Gasteiger partial charge in [-0.1, -0.05) is 0 Å². The molecule has 0 aromatic carbocycles. The van der Waals surface area contributed by atoms with Crippen LogP contribution in [0.2, 0.25) is 0 Å². The predicted octanol–water partition coefficient (Wildman–Crippen LogP) is -0.199. The zero-order chi connectivity index (χ0) is 26.2. The number of carbonyl (C=O) groups is 3. The van der Waals surface area contributed by atoms with E-state index in [1.807, 2.05) is 0 Å². The highest BCUT2D eigenvalue weighted by Gasteiger charge is 2.40. The molecule has 0 fully saturated rings. The molecule has 0 saturated heterocycles. The maximum atomic E-state index is 13.0. The summed E-state index contributed by atoms with van der Waals surface area (Å²) < 4.78 is 20.3. The maximum absolute atomic E-state index is 13.0. The first-order valence-electron chi connectivity index (χ1n) is 11.4. The summed E-state index contributed by atoms with van der Waals surface area (Å²) in [7, 11) is 0. The predicted molar refractivity (Wildman–Crippen MR) is 119 cm³/mol. The van der Waals surface area contributed by atoms with E-state index in [-0.39, 0.29) is 76.6 Å². The molecule has 0 radical (unpaired) electrons. The molecule has 0 aromatic rings. The first-order chi connectivity index (χ1) is 16.0. The third-order valence-corrected chi connectivity index (χ3v) is 5.05. The van der Waals surface area contributed by atoms with Crippen molar-refractivity contribution in [2.45, 2.75) is 46.1 Å². The Balaban J connectivity index is 5.15. The van der Waals surface area contributed by atoms with Gasteiger partial charge in [0.15, 0.2) is 0 Å². The fourth-order valence-corrected chi connectivity index (χ4v) is 2.81. The summed E-state index contributed by atoms with van der Waals surface area (Å²) in [4.78, 5) is 37.5. The maximum Gasteiger partial charge on any atom is 0.516 e. The van der Waals surface area contributed by atoms with E-state index in [2.05, 4.69) is 0 Å². The normalized spacial score (nSPS) is 14.4. The van der Waals surface area contributed by atoms with Crippen molar-refractivity contribution in [2.75, 3.05) is 66.1 Å². The van der Waals surface area contributed by atoms with E-state index in [0.29, 0.717) is 0 Å². The van der Waals surface area contributed by atoms with Gasteiger partial charge in [-0.3, -0.25) is 9.59 Å². The minimum atomic E-state index is -0.784. The van der Waals surface area contributed by atoms with Crippen LogP contribution in [0.5, 0.6) is 0 Å². The van der Waals surface area contributed by atoms with Crippen molar-refractivity contribution in [3.63, 3.8) is 0 Å². The number of carbonyl (C=O) groups excluding carboxylic acids is 3. The van der Waals surface area contributed by atoms with E-state index >= 15 is 0 Å². The molecule has 0 heterocycles. The number of ether oxygens (including phenoxy) is 4. The highest BCUT2D eigenvalue weighted by molar-refractivity contribution is 5.71. The molecule has 0 aliphatic carbocycles. The molecule has 0 aromatic heterocycles. The highest BCUT2D eigenvalue weighted by atomic mass is 16.6.